The molecule has 17 heavy (non-hydrogen) atoms. The van der Waals surface area contributed by atoms with Gasteiger partial charge in [-0.1, -0.05) is 46.5 Å². The van der Waals surface area contributed by atoms with Gasteiger partial charge in [-0.3, -0.25) is 4.79 Å². The van der Waals surface area contributed by atoms with Crippen LogP contribution in [0.4, 0.5) is 0 Å². The second-order valence-corrected chi connectivity index (χ2v) is 4.84. The normalized spacial score (nSPS) is 11.5. The van der Waals surface area contributed by atoms with Crippen LogP contribution in [0.5, 0.6) is 0 Å². The van der Waals surface area contributed by atoms with Gasteiger partial charge in [0, 0.05) is 18.5 Å². The Kier molecular flexibility index (Phi) is 9.14. The molecule has 0 heterocycles. The third-order valence-electron chi connectivity index (χ3n) is 3.77. The standard InChI is InChI=1S/C14H30N2O/c1-4-7-8-9-10-14(5-2,6-3)13(17)16-12-11-15/h4-12,15H2,1-3H3,(H,16,17). The average Bonchev–Trinajstić information content (AvgIpc) is 2.37. The Labute approximate surface area is 107 Å². The predicted molar refractivity (Wildman–Crippen MR) is 73.8 cm³/mol. The van der Waals surface area contributed by atoms with Gasteiger partial charge in [0.05, 0.1) is 0 Å². The quantitative estimate of drug-likeness (QED) is 0.579. The van der Waals surface area contributed by atoms with E-state index in [0.29, 0.717) is 13.1 Å². The van der Waals surface area contributed by atoms with Gasteiger partial charge in [0.15, 0.2) is 0 Å². The van der Waals surface area contributed by atoms with Crippen molar-refractivity contribution >= 4 is 5.91 Å². The van der Waals surface area contributed by atoms with E-state index in [1.165, 1.54) is 19.3 Å². The zero-order valence-electron chi connectivity index (χ0n) is 11.8. The van der Waals surface area contributed by atoms with Gasteiger partial charge in [0.2, 0.25) is 5.91 Å². The number of amides is 1. The van der Waals surface area contributed by atoms with E-state index in [0.717, 1.165) is 25.7 Å². The number of unbranched alkanes of at least 4 members (excludes halogenated alkanes) is 3. The highest BCUT2D eigenvalue weighted by Crippen LogP contribution is 2.33. The van der Waals surface area contributed by atoms with Crippen molar-refractivity contribution in [2.45, 2.75) is 65.7 Å². The van der Waals surface area contributed by atoms with E-state index in [-0.39, 0.29) is 11.3 Å². The Hall–Kier alpha value is -0.570. The summed E-state index contributed by atoms with van der Waals surface area (Å²) in [6.07, 6.45) is 7.76. The van der Waals surface area contributed by atoms with E-state index < -0.39 is 0 Å². The Morgan fingerprint density at radius 1 is 1.12 bits per heavy atom. The minimum Gasteiger partial charge on any atom is -0.354 e. The lowest BCUT2D eigenvalue weighted by atomic mass is 9.76. The van der Waals surface area contributed by atoms with Crippen LogP contribution in [-0.4, -0.2) is 19.0 Å². The maximum atomic E-state index is 12.2. The topological polar surface area (TPSA) is 55.1 Å². The maximum Gasteiger partial charge on any atom is 0.226 e. The highest BCUT2D eigenvalue weighted by molar-refractivity contribution is 5.82. The molecule has 3 nitrogen and oxygen atoms in total. The molecule has 3 N–H and O–H groups in total. The van der Waals surface area contributed by atoms with E-state index in [1.54, 1.807) is 0 Å². The summed E-state index contributed by atoms with van der Waals surface area (Å²) >= 11 is 0. The fourth-order valence-electron chi connectivity index (χ4n) is 2.30. The average molecular weight is 242 g/mol. The molecule has 0 aromatic heterocycles. The molecule has 0 aromatic carbocycles. The van der Waals surface area contributed by atoms with E-state index in [9.17, 15) is 4.79 Å². The molecular weight excluding hydrogens is 212 g/mol. The SMILES string of the molecule is CCCCCCC(CC)(CC)C(=O)NCCN. The molecule has 3 heteroatoms. The highest BCUT2D eigenvalue weighted by Gasteiger charge is 2.33. The zero-order valence-corrected chi connectivity index (χ0v) is 11.8. The minimum atomic E-state index is -0.164. The van der Waals surface area contributed by atoms with Crippen LogP contribution in [0.3, 0.4) is 0 Å². The minimum absolute atomic E-state index is 0.164. The van der Waals surface area contributed by atoms with Crippen LogP contribution in [-0.2, 0) is 4.79 Å². The fourth-order valence-corrected chi connectivity index (χ4v) is 2.30. The van der Waals surface area contributed by atoms with Crippen molar-refractivity contribution in [3.8, 4) is 0 Å². The Morgan fingerprint density at radius 3 is 2.24 bits per heavy atom. The van der Waals surface area contributed by atoms with Gasteiger partial charge in [0.1, 0.15) is 0 Å². The molecule has 0 unspecified atom stereocenters. The maximum absolute atomic E-state index is 12.2. The molecule has 0 radical (unpaired) electrons. The molecular formula is C14H30N2O. The van der Waals surface area contributed by atoms with E-state index in [4.69, 9.17) is 5.73 Å². The molecule has 0 spiro atoms. The van der Waals surface area contributed by atoms with E-state index >= 15 is 0 Å². The molecule has 1 amide bonds. The van der Waals surface area contributed by atoms with Crippen LogP contribution in [0.1, 0.15) is 65.7 Å². The molecule has 0 saturated carbocycles. The first-order valence-electron chi connectivity index (χ1n) is 7.15. The highest BCUT2D eigenvalue weighted by atomic mass is 16.2. The number of carbonyl (C=O) groups excluding carboxylic acids is 1. The first kappa shape index (κ1) is 16.4. The van der Waals surface area contributed by atoms with Gasteiger partial charge < -0.3 is 11.1 Å². The smallest absolute Gasteiger partial charge is 0.226 e. The molecule has 0 atom stereocenters. The third-order valence-corrected chi connectivity index (χ3v) is 3.77. The fraction of sp³-hybridized carbons (Fsp3) is 0.929. The lowest BCUT2D eigenvalue weighted by Crippen LogP contribution is -2.42. The summed E-state index contributed by atoms with van der Waals surface area (Å²) in [5, 5.41) is 2.95. The monoisotopic (exact) mass is 242 g/mol. The summed E-state index contributed by atoms with van der Waals surface area (Å²) in [4.78, 5) is 12.2. The van der Waals surface area contributed by atoms with Crippen LogP contribution in [0, 0.1) is 5.41 Å². The number of hydrogen-bond donors (Lipinski definition) is 2. The second kappa shape index (κ2) is 9.46. The summed E-state index contributed by atoms with van der Waals surface area (Å²) in [5.41, 5.74) is 5.26. The van der Waals surface area contributed by atoms with Crippen LogP contribution >= 0.6 is 0 Å². The van der Waals surface area contributed by atoms with Crippen molar-refractivity contribution in [2.24, 2.45) is 11.1 Å². The second-order valence-electron chi connectivity index (χ2n) is 4.84. The van der Waals surface area contributed by atoms with Crippen molar-refractivity contribution < 1.29 is 4.79 Å². The molecule has 0 aliphatic heterocycles. The largest absolute Gasteiger partial charge is 0.354 e. The zero-order chi connectivity index (χ0) is 13.1. The number of hydrogen-bond acceptors (Lipinski definition) is 2. The van der Waals surface area contributed by atoms with Crippen molar-refractivity contribution in [1.29, 1.82) is 0 Å². The van der Waals surface area contributed by atoms with Gasteiger partial charge in [-0.05, 0) is 19.3 Å². The number of rotatable bonds is 10. The Morgan fingerprint density at radius 2 is 1.76 bits per heavy atom. The predicted octanol–water partition coefficient (Wildman–Crippen LogP) is 2.84. The molecule has 0 aliphatic rings. The summed E-state index contributed by atoms with van der Waals surface area (Å²) in [6.45, 7) is 7.55. The Bertz CT molecular complexity index is 200. The van der Waals surface area contributed by atoms with E-state index in [2.05, 4.69) is 26.1 Å². The van der Waals surface area contributed by atoms with Crippen LogP contribution in [0.2, 0.25) is 0 Å². The number of nitrogens with one attached hydrogen (secondary N) is 1. The first-order valence-corrected chi connectivity index (χ1v) is 7.15. The molecule has 0 bridgehead atoms. The van der Waals surface area contributed by atoms with Gasteiger partial charge >= 0.3 is 0 Å². The van der Waals surface area contributed by atoms with Crippen molar-refractivity contribution in [3.63, 3.8) is 0 Å². The van der Waals surface area contributed by atoms with Crippen LogP contribution < -0.4 is 11.1 Å². The number of carbonyl (C=O) groups is 1. The van der Waals surface area contributed by atoms with Crippen molar-refractivity contribution in [2.75, 3.05) is 13.1 Å². The summed E-state index contributed by atoms with van der Waals surface area (Å²) in [6, 6.07) is 0. The first-order chi connectivity index (χ1) is 8.16. The third kappa shape index (κ3) is 5.53. The van der Waals surface area contributed by atoms with Crippen LogP contribution in [0.15, 0.2) is 0 Å². The summed E-state index contributed by atoms with van der Waals surface area (Å²) in [7, 11) is 0. The van der Waals surface area contributed by atoms with Gasteiger partial charge in [-0.25, -0.2) is 0 Å². The molecule has 0 aromatic rings. The van der Waals surface area contributed by atoms with Crippen molar-refractivity contribution in [1.82, 2.24) is 5.32 Å². The molecule has 0 fully saturated rings. The summed E-state index contributed by atoms with van der Waals surface area (Å²) in [5.74, 6) is 0.199. The lowest BCUT2D eigenvalue weighted by Gasteiger charge is -2.30. The number of nitrogens with two attached hydrogens (primary N) is 1. The molecule has 0 saturated heterocycles. The van der Waals surface area contributed by atoms with E-state index in [1.807, 2.05) is 0 Å². The summed E-state index contributed by atoms with van der Waals surface area (Å²) < 4.78 is 0. The molecule has 0 aliphatic carbocycles. The lowest BCUT2D eigenvalue weighted by molar-refractivity contribution is -0.132. The van der Waals surface area contributed by atoms with Crippen molar-refractivity contribution in [3.05, 3.63) is 0 Å². The molecule has 102 valence electrons. The van der Waals surface area contributed by atoms with Crippen LogP contribution in [0.25, 0.3) is 0 Å². The van der Waals surface area contributed by atoms with Gasteiger partial charge in [-0.15, -0.1) is 0 Å². The van der Waals surface area contributed by atoms with Gasteiger partial charge in [-0.2, -0.15) is 0 Å². The Balaban J connectivity index is 4.27. The van der Waals surface area contributed by atoms with Gasteiger partial charge in [0.25, 0.3) is 0 Å². The molecule has 0 rings (SSSR count).